The normalized spacial score (nSPS) is 16.2. The van der Waals surface area contributed by atoms with E-state index in [1.165, 1.54) is 25.0 Å². The van der Waals surface area contributed by atoms with Crippen molar-refractivity contribution in [2.24, 2.45) is 5.92 Å². The summed E-state index contributed by atoms with van der Waals surface area (Å²) in [5.41, 5.74) is 0.203. The molecule has 0 saturated heterocycles. The molecule has 88 valence electrons. The summed E-state index contributed by atoms with van der Waals surface area (Å²) in [5.74, 6) is 0.707. The van der Waals surface area contributed by atoms with Crippen molar-refractivity contribution in [3.05, 3.63) is 27.3 Å². The molecule has 1 aliphatic carbocycles. The number of hydrogen-bond donors (Lipinski definition) is 1. The highest BCUT2D eigenvalue weighted by Crippen LogP contribution is 2.33. The zero-order valence-electron chi connectivity index (χ0n) is 8.44. The van der Waals surface area contributed by atoms with E-state index >= 15 is 0 Å². The monoisotopic (exact) mass is 341 g/mol. The summed E-state index contributed by atoms with van der Waals surface area (Å²) in [6.07, 6.45) is -1.80. The molecule has 1 fully saturated rings. The topological polar surface area (TPSA) is 12.0 Å². The van der Waals surface area contributed by atoms with Gasteiger partial charge in [0.05, 0.1) is 5.56 Å². The summed E-state index contributed by atoms with van der Waals surface area (Å²) < 4.78 is 37.8. The van der Waals surface area contributed by atoms with Crippen molar-refractivity contribution in [1.82, 2.24) is 0 Å². The molecule has 1 N–H and O–H groups in total. The Balaban J connectivity index is 2.09. The van der Waals surface area contributed by atoms with E-state index < -0.39 is 11.7 Å². The minimum absolute atomic E-state index is 0.589. The van der Waals surface area contributed by atoms with Gasteiger partial charge in [0.1, 0.15) is 0 Å². The maximum absolute atomic E-state index is 12.4. The van der Waals surface area contributed by atoms with Gasteiger partial charge in [-0.1, -0.05) is 0 Å². The third-order valence-electron chi connectivity index (χ3n) is 2.57. The Kier molecular flexibility index (Phi) is 3.32. The molecule has 0 spiro atoms. The first kappa shape index (κ1) is 12.0. The fourth-order valence-corrected chi connectivity index (χ4v) is 2.12. The lowest BCUT2D eigenvalue weighted by Gasteiger charge is -2.11. The van der Waals surface area contributed by atoms with E-state index in [0.29, 0.717) is 9.49 Å². The van der Waals surface area contributed by atoms with Crippen molar-refractivity contribution >= 4 is 28.3 Å². The van der Waals surface area contributed by atoms with Crippen LogP contribution >= 0.6 is 22.6 Å². The molecule has 1 saturated carbocycles. The predicted molar refractivity (Wildman–Crippen MR) is 65.4 cm³/mol. The van der Waals surface area contributed by atoms with Crippen LogP contribution in [0.1, 0.15) is 18.4 Å². The number of hydrogen-bond acceptors (Lipinski definition) is 1. The van der Waals surface area contributed by atoms with Crippen LogP contribution in [0.2, 0.25) is 0 Å². The molecule has 0 amide bonds. The zero-order chi connectivity index (χ0) is 11.8. The third kappa shape index (κ3) is 3.02. The number of nitrogens with one attached hydrogen (secondary N) is 1. The fourth-order valence-electron chi connectivity index (χ4n) is 1.41. The molecule has 0 radical (unpaired) electrons. The first-order valence-electron chi connectivity index (χ1n) is 5.07. The number of rotatable bonds is 3. The Bertz CT molecular complexity index is 385. The van der Waals surface area contributed by atoms with Crippen molar-refractivity contribution in [3.63, 3.8) is 0 Å². The Morgan fingerprint density at radius 2 is 2.00 bits per heavy atom. The van der Waals surface area contributed by atoms with E-state index in [-0.39, 0.29) is 0 Å². The second kappa shape index (κ2) is 4.43. The van der Waals surface area contributed by atoms with Gasteiger partial charge in [0, 0.05) is 15.8 Å². The lowest BCUT2D eigenvalue weighted by Crippen LogP contribution is -2.08. The first-order chi connectivity index (χ1) is 7.47. The van der Waals surface area contributed by atoms with E-state index in [2.05, 4.69) is 5.32 Å². The Labute approximate surface area is 106 Å². The summed E-state index contributed by atoms with van der Waals surface area (Å²) in [5, 5.41) is 3.18. The standard InChI is InChI=1S/C11H11F3IN/c12-11(13,14)8-3-4-10(9(15)5-8)16-6-7-1-2-7/h3-5,7,16H,1-2,6H2. The minimum atomic E-state index is -4.26. The van der Waals surface area contributed by atoms with Gasteiger partial charge in [0.15, 0.2) is 0 Å². The average molecular weight is 341 g/mol. The first-order valence-corrected chi connectivity index (χ1v) is 6.15. The van der Waals surface area contributed by atoms with Crippen molar-refractivity contribution in [1.29, 1.82) is 0 Å². The molecule has 0 unspecified atom stereocenters. The maximum atomic E-state index is 12.4. The van der Waals surface area contributed by atoms with Crippen LogP contribution in [0.4, 0.5) is 18.9 Å². The maximum Gasteiger partial charge on any atom is 0.416 e. The highest BCUT2D eigenvalue weighted by molar-refractivity contribution is 14.1. The van der Waals surface area contributed by atoms with Crippen LogP contribution in [0.5, 0.6) is 0 Å². The molecule has 1 aromatic carbocycles. The Hall–Kier alpha value is -0.460. The summed E-state index contributed by atoms with van der Waals surface area (Å²) >= 11 is 1.93. The van der Waals surface area contributed by atoms with Gasteiger partial charge in [-0.25, -0.2) is 0 Å². The molecule has 1 nitrogen and oxygen atoms in total. The van der Waals surface area contributed by atoms with Crippen LogP contribution in [0.25, 0.3) is 0 Å². The quantitative estimate of drug-likeness (QED) is 0.815. The highest BCUT2D eigenvalue weighted by Gasteiger charge is 2.30. The van der Waals surface area contributed by atoms with Crippen LogP contribution in [-0.2, 0) is 6.18 Å². The average Bonchev–Trinajstić information content (AvgIpc) is 2.98. The molecule has 5 heteroatoms. The van der Waals surface area contributed by atoms with E-state index in [9.17, 15) is 13.2 Å². The van der Waals surface area contributed by atoms with Gasteiger partial charge >= 0.3 is 6.18 Å². The number of anilines is 1. The summed E-state index contributed by atoms with van der Waals surface area (Å²) in [6, 6.07) is 3.81. The molecule has 16 heavy (non-hydrogen) atoms. The van der Waals surface area contributed by atoms with Crippen LogP contribution in [0, 0.1) is 9.49 Å². The summed E-state index contributed by atoms with van der Waals surface area (Å²) in [4.78, 5) is 0. The molecule has 0 aliphatic heterocycles. The molecule has 1 aromatic rings. The molecular weight excluding hydrogens is 330 g/mol. The van der Waals surface area contributed by atoms with Crippen LogP contribution in [0.3, 0.4) is 0 Å². The summed E-state index contributed by atoms with van der Waals surface area (Å²) in [7, 11) is 0. The van der Waals surface area contributed by atoms with Crippen LogP contribution < -0.4 is 5.32 Å². The van der Waals surface area contributed by atoms with Gasteiger partial charge in [-0.15, -0.1) is 0 Å². The second-order valence-electron chi connectivity index (χ2n) is 4.02. The molecular formula is C11H11F3IN. The third-order valence-corrected chi connectivity index (χ3v) is 3.47. The van der Waals surface area contributed by atoms with Crippen LogP contribution in [0.15, 0.2) is 18.2 Å². The van der Waals surface area contributed by atoms with E-state index in [0.717, 1.165) is 18.3 Å². The predicted octanol–water partition coefficient (Wildman–Crippen LogP) is 4.13. The van der Waals surface area contributed by atoms with Gasteiger partial charge in [-0.2, -0.15) is 13.2 Å². The van der Waals surface area contributed by atoms with Crippen molar-refractivity contribution < 1.29 is 13.2 Å². The molecule has 0 heterocycles. The number of alkyl halides is 3. The Morgan fingerprint density at radius 1 is 1.31 bits per heavy atom. The SMILES string of the molecule is FC(F)(F)c1ccc(NCC2CC2)c(I)c1. The lowest BCUT2D eigenvalue weighted by atomic mass is 10.2. The van der Waals surface area contributed by atoms with Gasteiger partial charge in [0.2, 0.25) is 0 Å². The zero-order valence-corrected chi connectivity index (χ0v) is 10.6. The number of halogens is 4. The molecule has 1 aliphatic rings. The van der Waals surface area contributed by atoms with Gasteiger partial charge < -0.3 is 5.32 Å². The second-order valence-corrected chi connectivity index (χ2v) is 5.18. The molecule has 2 rings (SSSR count). The van der Waals surface area contributed by atoms with Crippen LogP contribution in [-0.4, -0.2) is 6.54 Å². The van der Waals surface area contributed by atoms with Crippen molar-refractivity contribution in [2.75, 3.05) is 11.9 Å². The van der Waals surface area contributed by atoms with Gasteiger partial charge in [0.25, 0.3) is 0 Å². The van der Waals surface area contributed by atoms with E-state index in [1.54, 1.807) is 0 Å². The fraction of sp³-hybridized carbons (Fsp3) is 0.455. The Morgan fingerprint density at radius 3 is 2.50 bits per heavy atom. The van der Waals surface area contributed by atoms with Crippen molar-refractivity contribution in [3.8, 4) is 0 Å². The lowest BCUT2D eigenvalue weighted by molar-refractivity contribution is -0.137. The van der Waals surface area contributed by atoms with Gasteiger partial charge in [-0.05, 0) is 59.5 Å². The van der Waals surface area contributed by atoms with E-state index in [1.807, 2.05) is 22.6 Å². The number of benzene rings is 1. The summed E-state index contributed by atoms with van der Waals surface area (Å²) in [6.45, 7) is 0.862. The minimum Gasteiger partial charge on any atom is -0.384 e. The van der Waals surface area contributed by atoms with E-state index in [4.69, 9.17) is 0 Å². The van der Waals surface area contributed by atoms with Crippen molar-refractivity contribution in [2.45, 2.75) is 19.0 Å². The smallest absolute Gasteiger partial charge is 0.384 e. The molecule has 0 aromatic heterocycles. The largest absolute Gasteiger partial charge is 0.416 e. The molecule has 0 atom stereocenters. The van der Waals surface area contributed by atoms with Gasteiger partial charge in [-0.3, -0.25) is 0 Å². The molecule has 0 bridgehead atoms. The highest BCUT2D eigenvalue weighted by atomic mass is 127.